The standard InChI is InChI=1S/C36H44O13/c1-18-22(39)16-36(43)29(47-30(41)21-13-11-10-12-14-21)27-34(9,28(40)26(45-19(2)37)25(18)33(36,7)8)23(46-31(42)49-32(4,5)6)15-24-35(27,17-44-24)48-20(3)38/h10-14,23-24,26-27,29,43H,15-17H2,1-9H3/t23-,24+,26+,27?,29?,34+,35-,36+/m0/s1. The Morgan fingerprint density at radius 3 is 2.10 bits per heavy atom. The molecule has 0 radical (unpaired) electrons. The van der Waals surface area contributed by atoms with Gasteiger partial charge in [0, 0.05) is 32.1 Å². The van der Waals surface area contributed by atoms with E-state index in [9.17, 15) is 29.1 Å². The lowest BCUT2D eigenvalue weighted by Gasteiger charge is -2.67. The van der Waals surface area contributed by atoms with E-state index in [2.05, 4.69) is 0 Å². The average Bonchev–Trinajstić information content (AvgIpc) is 2.97. The maximum Gasteiger partial charge on any atom is 0.509 e. The highest BCUT2D eigenvalue weighted by molar-refractivity contribution is 6.03. The summed E-state index contributed by atoms with van der Waals surface area (Å²) in [5.74, 6) is -5.43. The maximum absolute atomic E-state index is 15.4. The van der Waals surface area contributed by atoms with Gasteiger partial charge >= 0.3 is 24.1 Å². The lowest BCUT2D eigenvalue weighted by atomic mass is 9.44. The van der Waals surface area contributed by atoms with Crippen LogP contribution in [0.1, 0.15) is 85.5 Å². The number of carbonyl (C=O) groups excluding carboxylic acids is 6. The topological polar surface area (TPSA) is 178 Å². The molecule has 1 heterocycles. The number of benzene rings is 1. The Kier molecular flexibility index (Phi) is 8.90. The number of hydrogen-bond donors (Lipinski definition) is 1. The molecule has 0 amide bonds. The monoisotopic (exact) mass is 684 g/mol. The molecule has 1 saturated heterocycles. The van der Waals surface area contributed by atoms with Crippen molar-refractivity contribution in [2.45, 2.75) is 116 Å². The Morgan fingerprint density at radius 1 is 0.939 bits per heavy atom. The molecule has 1 aromatic rings. The first-order valence-corrected chi connectivity index (χ1v) is 16.3. The fourth-order valence-corrected chi connectivity index (χ4v) is 8.26. The fourth-order valence-electron chi connectivity index (χ4n) is 8.26. The summed E-state index contributed by atoms with van der Waals surface area (Å²) in [6.07, 6.45) is -7.82. The van der Waals surface area contributed by atoms with Crippen LogP contribution in [-0.2, 0) is 47.6 Å². The fraction of sp³-hybridized carbons (Fsp3) is 0.611. The molecule has 13 nitrogen and oxygen atoms in total. The summed E-state index contributed by atoms with van der Waals surface area (Å²) < 4.78 is 35.3. The molecule has 3 fully saturated rings. The molecular formula is C36H44O13. The predicted octanol–water partition coefficient (Wildman–Crippen LogP) is 3.82. The van der Waals surface area contributed by atoms with E-state index < -0.39 is 100 Å². The van der Waals surface area contributed by atoms with Crippen molar-refractivity contribution < 1.29 is 62.3 Å². The molecule has 0 aromatic heterocycles. The summed E-state index contributed by atoms with van der Waals surface area (Å²) in [6, 6.07) is 7.91. The number of carbonyl (C=O) groups is 6. The molecule has 1 aromatic carbocycles. The van der Waals surface area contributed by atoms with E-state index in [4.69, 9.17) is 28.4 Å². The van der Waals surface area contributed by atoms with Crippen LogP contribution >= 0.6 is 0 Å². The maximum atomic E-state index is 15.4. The zero-order valence-corrected chi connectivity index (χ0v) is 29.2. The highest BCUT2D eigenvalue weighted by atomic mass is 16.7. The number of hydrogen-bond acceptors (Lipinski definition) is 13. The molecule has 2 saturated carbocycles. The molecule has 1 aliphatic heterocycles. The van der Waals surface area contributed by atoms with Gasteiger partial charge in [0.05, 0.1) is 23.5 Å². The van der Waals surface area contributed by atoms with Crippen LogP contribution in [0.4, 0.5) is 4.79 Å². The molecule has 13 heteroatoms. The second-order valence-corrected chi connectivity index (χ2v) is 15.1. The number of esters is 3. The van der Waals surface area contributed by atoms with E-state index in [1.165, 1.54) is 26.0 Å². The van der Waals surface area contributed by atoms with Crippen molar-refractivity contribution in [2.75, 3.05) is 6.61 Å². The van der Waals surface area contributed by atoms with Crippen molar-refractivity contribution in [3.63, 3.8) is 0 Å². The molecule has 8 atom stereocenters. The van der Waals surface area contributed by atoms with Gasteiger partial charge in [0.25, 0.3) is 0 Å². The Labute approximate surface area is 284 Å². The number of Topliss-reactive ketones (excluding diaryl/α,β-unsaturated/α-hetero) is 2. The molecule has 5 rings (SSSR count). The van der Waals surface area contributed by atoms with Crippen LogP contribution in [0.3, 0.4) is 0 Å². The van der Waals surface area contributed by atoms with Crippen molar-refractivity contribution in [1.82, 2.24) is 0 Å². The van der Waals surface area contributed by atoms with Gasteiger partial charge in [0.2, 0.25) is 0 Å². The predicted molar refractivity (Wildman–Crippen MR) is 169 cm³/mol. The second-order valence-electron chi connectivity index (χ2n) is 15.1. The summed E-state index contributed by atoms with van der Waals surface area (Å²) in [5.41, 5.74) is -8.40. The zero-order chi connectivity index (χ0) is 36.5. The van der Waals surface area contributed by atoms with Gasteiger partial charge in [0.1, 0.15) is 29.5 Å². The van der Waals surface area contributed by atoms with Crippen molar-refractivity contribution in [1.29, 1.82) is 0 Å². The van der Waals surface area contributed by atoms with E-state index in [0.717, 1.165) is 13.8 Å². The van der Waals surface area contributed by atoms with E-state index in [0.29, 0.717) is 0 Å². The lowest BCUT2D eigenvalue weighted by molar-refractivity contribution is -0.344. The molecule has 2 bridgehead atoms. The van der Waals surface area contributed by atoms with Crippen LogP contribution in [0.2, 0.25) is 0 Å². The lowest BCUT2D eigenvalue weighted by Crippen LogP contribution is -2.82. The molecule has 49 heavy (non-hydrogen) atoms. The number of allylic oxidation sites excluding steroid dienone is 1. The third-order valence-corrected chi connectivity index (χ3v) is 10.6. The first-order chi connectivity index (χ1) is 22.6. The van der Waals surface area contributed by atoms with Gasteiger partial charge in [-0.25, -0.2) is 9.59 Å². The quantitative estimate of drug-likeness (QED) is 0.350. The van der Waals surface area contributed by atoms with Crippen LogP contribution in [0, 0.1) is 16.7 Å². The Bertz CT molecular complexity index is 1620. The summed E-state index contributed by atoms with van der Waals surface area (Å²) >= 11 is 0. The highest BCUT2D eigenvalue weighted by Crippen LogP contribution is 2.64. The molecule has 0 spiro atoms. The van der Waals surface area contributed by atoms with Crippen molar-refractivity contribution >= 4 is 35.6 Å². The minimum Gasteiger partial charge on any atom is -0.455 e. The third kappa shape index (κ3) is 5.74. The molecule has 4 aliphatic rings. The summed E-state index contributed by atoms with van der Waals surface area (Å²) in [7, 11) is 0. The third-order valence-electron chi connectivity index (χ3n) is 10.6. The van der Waals surface area contributed by atoms with Crippen molar-refractivity contribution in [3.8, 4) is 0 Å². The number of rotatable bonds is 5. The molecule has 3 aliphatic carbocycles. The van der Waals surface area contributed by atoms with Gasteiger partial charge in [-0.2, -0.15) is 0 Å². The van der Waals surface area contributed by atoms with E-state index in [-0.39, 0.29) is 29.7 Å². The van der Waals surface area contributed by atoms with Gasteiger partial charge in [-0.05, 0) is 57.9 Å². The van der Waals surface area contributed by atoms with Crippen molar-refractivity contribution in [2.24, 2.45) is 16.7 Å². The average molecular weight is 685 g/mol. The zero-order valence-electron chi connectivity index (χ0n) is 29.2. The van der Waals surface area contributed by atoms with Gasteiger partial charge in [0.15, 0.2) is 23.3 Å². The smallest absolute Gasteiger partial charge is 0.455 e. The molecule has 1 N–H and O–H groups in total. The Hall–Kier alpha value is -4.10. The molecule has 2 unspecified atom stereocenters. The van der Waals surface area contributed by atoms with Crippen LogP contribution in [0.5, 0.6) is 0 Å². The second kappa shape index (κ2) is 12.0. The van der Waals surface area contributed by atoms with Crippen LogP contribution in [0.25, 0.3) is 0 Å². The largest absolute Gasteiger partial charge is 0.509 e. The Balaban J connectivity index is 1.85. The molecular weight excluding hydrogens is 640 g/mol. The summed E-state index contributed by atoms with van der Waals surface area (Å²) in [5, 5.41) is 13.1. The van der Waals surface area contributed by atoms with Gasteiger partial charge < -0.3 is 33.5 Å². The van der Waals surface area contributed by atoms with Crippen LogP contribution < -0.4 is 0 Å². The van der Waals surface area contributed by atoms with Crippen molar-refractivity contribution in [3.05, 3.63) is 47.0 Å². The Morgan fingerprint density at radius 2 is 1.57 bits per heavy atom. The normalized spacial score (nSPS) is 34.9. The SMILES string of the molecule is CC(=O)O[C@H]1C(=O)[C@@]2(C)C(C(OC(=O)c3ccccc3)[C@]3(O)CC(=O)C(C)=C1C3(C)C)[C@]1(OC(C)=O)CO[C@@H]1C[C@@H]2OC(=O)OC(C)(C)C. The van der Waals surface area contributed by atoms with E-state index in [1.807, 2.05) is 0 Å². The van der Waals surface area contributed by atoms with Gasteiger partial charge in [-0.15, -0.1) is 0 Å². The summed E-state index contributed by atoms with van der Waals surface area (Å²) in [6.45, 7) is 12.9. The van der Waals surface area contributed by atoms with Crippen LogP contribution in [0.15, 0.2) is 41.5 Å². The highest BCUT2D eigenvalue weighted by Gasteiger charge is 2.79. The van der Waals surface area contributed by atoms with E-state index in [1.54, 1.807) is 52.8 Å². The summed E-state index contributed by atoms with van der Waals surface area (Å²) in [4.78, 5) is 81.9. The minimum atomic E-state index is -2.30. The number of ketones is 2. The van der Waals surface area contributed by atoms with Crippen LogP contribution in [-0.4, -0.2) is 88.6 Å². The van der Waals surface area contributed by atoms with Gasteiger partial charge in [-0.3, -0.25) is 19.2 Å². The number of fused-ring (bicyclic) bond motifs is 5. The number of ether oxygens (including phenoxy) is 6. The minimum absolute atomic E-state index is 0.0106. The van der Waals surface area contributed by atoms with E-state index >= 15 is 4.79 Å². The number of aliphatic hydroxyl groups is 1. The molecule has 266 valence electrons. The first kappa shape index (κ1) is 36.2. The first-order valence-electron chi connectivity index (χ1n) is 16.3. The van der Waals surface area contributed by atoms with Gasteiger partial charge in [-0.1, -0.05) is 32.0 Å².